The average molecular weight is 353 g/mol. The van der Waals surface area contributed by atoms with Crippen molar-refractivity contribution in [2.45, 2.75) is 26.3 Å². The lowest BCUT2D eigenvalue weighted by Crippen LogP contribution is -2.39. The highest BCUT2D eigenvalue weighted by molar-refractivity contribution is 5.97. The third-order valence-electron chi connectivity index (χ3n) is 4.23. The van der Waals surface area contributed by atoms with Crippen molar-refractivity contribution < 1.29 is 14.3 Å². The van der Waals surface area contributed by atoms with Gasteiger partial charge in [0.05, 0.1) is 12.6 Å². The van der Waals surface area contributed by atoms with Crippen molar-refractivity contribution in [3.05, 3.63) is 54.1 Å². The van der Waals surface area contributed by atoms with Crippen LogP contribution >= 0.6 is 0 Å². The molecule has 26 heavy (non-hydrogen) atoms. The second kappa shape index (κ2) is 7.91. The van der Waals surface area contributed by atoms with Crippen LogP contribution in [0.5, 0.6) is 5.75 Å². The molecule has 6 heteroatoms. The Bertz CT molecular complexity index is 772. The van der Waals surface area contributed by atoms with Crippen LogP contribution in [0.4, 0.5) is 16.2 Å². The Kier molecular flexibility index (Phi) is 5.41. The van der Waals surface area contributed by atoms with Crippen LogP contribution in [0.1, 0.15) is 18.9 Å². The van der Waals surface area contributed by atoms with Gasteiger partial charge < -0.3 is 20.3 Å². The molecule has 0 radical (unpaired) electrons. The Morgan fingerprint density at radius 2 is 1.85 bits per heavy atom. The summed E-state index contributed by atoms with van der Waals surface area (Å²) in [6.45, 7) is 4.97. The van der Waals surface area contributed by atoms with Gasteiger partial charge in [-0.15, -0.1) is 0 Å². The summed E-state index contributed by atoms with van der Waals surface area (Å²) in [7, 11) is 0. The van der Waals surface area contributed by atoms with E-state index in [0.717, 1.165) is 22.7 Å². The average Bonchev–Trinajstić information content (AvgIpc) is 2.98. The van der Waals surface area contributed by atoms with E-state index >= 15 is 0 Å². The minimum Gasteiger partial charge on any atom is -0.494 e. The standard InChI is InChI=1S/C20H23N3O3/c1-3-26-18-10-8-17(9-11-18)23-13-16(12-19(23)24)22-20(25)21-15-6-4-14(2)5-7-15/h4-11,16H,3,12-13H2,1-2H3,(H2,21,22,25)/t16-/m1/s1. The molecule has 3 rings (SSSR count). The number of carbonyl (C=O) groups is 2. The van der Waals surface area contributed by atoms with Crippen molar-refractivity contribution in [1.82, 2.24) is 5.32 Å². The zero-order valence-electron chi connectivity index (χ0n) is 15.0. The summed E-state index contributed by atoms with van der Waals surface area (Å²) in [5, 5.41) is 5.66. The van der Waals surface area contributed by atoms with Crippen LogP contribution < -0.4 is 20.3 Å². The first-order valence-electron chi connectivity index (χ1n) is 8.72. The molecule has 3 amide bonds. The number of aryl methyl sites for hydroxylation is 1. The van der Waals surface area contributed by atoms with Crippen LogP contribution in [0.3, 0.4) is 0 Å². The van der Waals surface area contributed by atoms with E-state index in [0.29, 0.717) is 13.2 Å². The van der Waals surface area contributed by atoms with Gasteiger partial charge >= 0.3 is 6.03 Å². The molecule has 0 bridgehead atoms. The summed E-state index contributed by atoms with van der Waals surface area (Å²) >= 11 is 0. The molecular weight excluding hydrogens is 330 g/mol. The minimum absolute atomic E-state index is 0.00482. The Labute approximate surface area is 153 Å². The maximum Gasteiger partial charge on any atom is 0.319 e. The van der Waals surface area contributed by atoms with E-state index in [2.05, 4.69) is 10.6 Å². The van der Waals surface area contributed by atoms with Crippen LogP contribution in [0.15, 0.2) is 48.5 Å². The lowest BCUT2D eigenvalue weighted by Gasteiger charge is -2.18. The molecule has 1 aliphatic heterocycles. The molecule has 2 aromatic carbocycles. The molecule has 1 heterocycles. The van der Waals surface area contributed by atoms with Gasteiger partial charge in [0.25, 0.3) is 0 Å². The first-order valence-corrected chi connectivity index (χ1v) is 8.72. The molecule has 6 nitrogen and oxygen atoms in total. The van der Waals surface area contributed by atoms with Crippen LogP contribution in [0.25, 0.3) is 0 Å². The van der Waals surface area contributed by atoms with Gasteiger partial charge in [0.2, 0.25) is 5.91 Å². The van der Waals surface area contributed by atoms with E-state index in [9.17, 15) is 9.59 Å². The van der Waals surface area contributed by atoms with Crippen LogP contribution in [0.2, 0.25) is 0 Å². The quantitative estimate of drug-likeness (QED) is 0.866. The predicted octanol–water partition coefficient (Wildman–Crippen LogP) is 3.32. The molecular formula is C20H23N3O3. The lowest BCUT2D eigenvalue weighted by atomic mass is 10.2. The Hall–Kier alpha value is -3.02. The molecule has 0 spiro atoms. The summed E-state index contributed by atoms with van der Waals surface area (Å²) in [4.78, 5) is 26.1. The van der Waals surface area contributed by atoms with Crippen LogP contribution in [-0.4, -0.2) is 31.1 Å². The topological polar surface area (TPSA) is 70.7 Å². The number of urea groups is 1. The van der Waals surface area contributed by atoms with E-state index < -0.39 is 0 Å². The van der Waals surface area contributed by atoms with E-state index in [1.807, 2.05) is 62.4 Å². The lowest BCUT2D eigenvalue weighted by molar-refractivity contribution is -0.117. The highest BCUT2D eigenvalue weighted by Gasteiger charge is 2.31. The molecule has 0 aliphatic carbocycles. The molecule has 2 N–H and O–H groups in total. The van der Waals surface area contributed by atoms with E-state index in [-0.39, 0.29) is 24.4 Å². The number of amides is 3. The maximum atomic E-state index is 12.3. The fourth-order valence-corrected chi connectivity index (χ4v) is 2.93. The van der Waals surface area contributed by atoms with Gasteiger partial charge in [-0.1, -0.05) is 17.7 Å². The second-order valence-electron chi connectivity index (χ2n) is 6.30. The Balaban J connectivity index is 1.56. The largest absolute Gasteiger partial charge is 0.494 e. The van der Waals surface area contributed by atoms with Crippen molar-refractivity contribution >= 4 is 23.3 Å². The number of carbonyl (C=O) groups excluding carboxylic acids is 2. The number of rotatable bonds is 5. The number of hydrogen-bond acceptors (Lipinski definition) is 3. The van der Waals surface area contributed by atoms with Crippen molar-refractivity contribution in [3.63, 3.8) is 0 Å². The normalized spacial score (nSPS) is 16.5. The summed E-state index contributed by atoms with van der Waals surface area (Å²) < 4.78 is 5.42. The monoisotopic (exact) mass is 353 g/mol. The summed E-state index contributed by atoms with van der Waals surface area (Å²) in [5.41, 5.74) is 2.66. The van der Waals surface area contributed by atoms with E-state index in [4.69, 9.17) is 4.74 Å². The van der Waals surface area contributed by atoms with E-state index in [1.165, 1.54) is 0 Å². The summed E-state index contributed by atoms with van der Waals surface area (Å²) in [6.07, 6.45) is 0.286. The van der Waals surface area contributed by atoms with Crippen molar-refractivity contribution in [2.75, 3.05) is 23.4 Å². The van der Waals surface area contributed by atoms with E-state index in [1.54, 1.807) is 4.90 Å². The molecule has 136 valence electrons. The number of anilines is 2. The zero-order valence-corrected chi connectivity index (χ0v) is 15.0. The predicted molar refractivity (Wildman–Crippen MR) is 102 cm³/mol. The summed E-state index contributed by atoms with van der Waals surface area (Å²) in [5.74, 6) is 0.768. The minimum atomic E-state index is -0.305. The first kappa shape index (κ1) is 17.8. The van der Waals surface area contributed by atoms with Gasteiger partial charge in [-0.05, 0) is 50.2 Å². The molecule has 1 atom stereocenters. The number of nitrogens with one attached hydrogen (secondary N) is 2. The molecule has 1 saturated heterocycles. The maximum absolute atomic E-state index is 12.3. The van der Waals surface area contributed by atoms with Crippen molar-refractivity contribution in [1.29, 1.82) is 0 Å². The molecule has 2 aromatic rings. The first-order chi connectivity index (χ1) is 12.5. The third kappa shape index (κ3) is 4.33. The van der Waals surface area contributed by atoms with Crippen LogP contribution in [-0.2, 0) is 4.79 Å². The molecule has 1 aliphatic rings. The highest BCUT2D eigenvalue weighted by atomic mass is 16.5. The second-order valence-corrected chi connectivity index (χ2v) is 6.30. The van der Waals surface area contributed by atoms with Gasteiger partial charge in [0, 0.05) is 24.3 Å². The fourth-order valence-electron chi connectivity index (χ4n) is 2.93. The number of hydrogen-bond donors (Lipinski definition) is 2. The Morgan fingerprint density at radius 1 is 1.15 bits per heavy atom. The molecule has 1 fully saturated rings. The number of benzene rings is 2. The van der Waals surface area contributed by atoms with Crippen molar-refractivity contribution in [3.8, 4) is 5.75 Å². The third-order valence-corrected chi connectivity index (χ3v) is 4.23. The summed E-state index contributed by atoms with van der Waals surface area (Å²) in [6, 6.07) is 14.4. The molecule has 0 saturated carbocycles. The van der Waals surface area contributed by atoms with Gasteiger partial charge in [0.1, 0.15) is 5.75 Å². The molecule has 0 unspecified atom stereocenters. The molecule has 0 aromatic heterocycles. The van der Waals surface area contributed by atoms with Gasteiger partial charge in [-0.25, -0.2) is 4.79 Å². The van der Waals surface area contributed by atoms with Gasteiger partial charge in [0.15, 0.2) is 0 Å². The van der Waals surface area contributed by atoms with Crippen LogP contribution in [0, 0.1) is 6.92 Å². The zero-order chi connectivity index (χ0) is 18.5. The highest BCUT2D eigenvalue weighted by Crippen LogP contribution is 2.24. The van der Waals surface area contributed by atoms with Gasteiger partial charge in [-0.3, -0.25) is 4.79 Å². The number of ether oxygens (including phenoxy) is 1. The van der Waals surface area contributed by atoms with Gasteiger partial charge in [-0.2, -0.15) is 0 Å². The Morgan fingerprint density at radius 3 is 2.50 bits per heavy atom. The smallest absolute Gasteiger partial charge is 0.319 e. The fraction of sp³-hybridized carbons (Fsp3) is 0.300. The van der Waals surface area contributed by atoms with Crippen molar-refractivity contribution in [2.24, 2.45) is 0 Å². The number of nitrogens with zero attached hydrogens (tertiary/aromatic N) is 1. The SMILES string of the molecule is CCOc1ccc(N2C[C@H](NC(=O)Nc3ccc(C)cc3)CC2=O)cc1.